The summed E-state index contributed by atoms with van der Waals surface area (Å²) in [4.78, 5) is 18.5. The van der Waals surface area contributed by atoms with Crippen molar-refractivity contribution in [1.29, 1.82) is 0 Å². The van der Waals surface area contributed by atoms with Gasteiger partial charge in [0.1, 0.15) is 0 Å². The second-order valence-corrected chi connectivity index (χ2v) is 8.50. The first-order valence-corrected chi connectivity index (χ1v) is 10.4. The molecule has 0 bridgehead atoms. The predicted molar refractivity (Wildman–Crippen MR) is 118 cm³/mol. The highest BCUT2D eigenvalue weighted by atomic mass is 35.5. The van der Waals surface area contributed by atoms with Gasteiger partial charge in [-0.1, -0.05) is 31.5 Å². The Balaban J connectivity index is 2.17. The predicted octanol–water partition coefficient (Wildman–Crippen LogP) is 4.72. The Bertz CT molecular complexity index is 812. The quantitative estimate of drug-likeness (QED) is 0.657. The summed E-state index contributed by atoms with van der Waals surface area (Å²) in [6.07, 6.45) is 0. The summed E-state index contributed by atoms with van der Waals surface area (Å²) in [7, 11) is 0. The minimum atomic E-state index is -0.133. The number of nitrogens with one attached hydrogen (secondary N) is 2. The molecule has 0 unspecified atom stereocenters. The number of thiocarbonyl (C=S) groups is 1. The van der Waals surface area contributed by atoms with Gasteiger partial charge in [0.25, 0.3) is 0 Å². The molecule has 0 aliphatic heterocycles. The molecule has 27 heavy (non-hydrogen) atoms. The molecular weight excluding hydrogens is 400 g/mol. The molecule has 2 aromatic rings. The molecule has 0 aliphatic rings. The maximum atomic E-state index is 12.3. The zero-order valence-electron chi connectivity index (χ0n) is 16.2. The van der Waals surface area contributed by atoms with Crippen LogP contribution < -0.4 is 15.5 Å². The summed E-state index contributed by atoms with van der Waals surface area (Å²) in [6, 6.07) is 3.86. The van der Waals surface area contributed by atoms with Crippen molar-refractivity contribution >= 4 is 57.0 Å². The molecule has 0 atom stereocenters. The van der Waals surface area contributed by atoms with E-state index in [4.69, 9.17) is 23.8 Å². The monoisotopic (exact) mass is 424 g/mol. The van der Waals surface area contributed by atoms with E-state index in [1.807, 2.05) is 31.4 Å². The first kappa shape index (κ1) is 21.6. The molecule has 0 radical (unpaired) electrons. The number of nitrogens with zero attached hydrogens (tertiary/aromatic N) is 2. The number of aromatic nitrogens is 1. The standard InChI is InChI=1S/C19H25ClN4OS2/c1-11(2)8-21-18(26)22-9-15-10-27-19(23-15)24(14(5)25)17-13(4)6-12(3)7-16(17)20/h6-7,10-11H,8-9H2,1-5H3,(H2,21,22,26). The molecule has 0 saturated carbocycles. The molecule has 8 heteroatoms. The Morgan fingerprint density at radius 1 is 1.33 bits per heavy atom. The fraction of sp³-hybridized carbons (Fsp3) is 0.421. The highest BCUT2D eigenvalue weighted by molar-refractivity contribution is 7.80. The molecule has 0 fully saturated rings. The van der Waals surface area contributed by atoms with E-state index in [0.29, 0.717) is 33.4 Å². The molecular formula is C19H25ClN4OS2. The summed E-state index contributed by atoms with van der Waals surface area (Å²) in [5.41, 5.74) is 3.48. The molecule has 146 valence electrons. The molecule has 0 aliphatic carbocycles. The summed E-state index contributed by atoms with van der Waals surface area (Å²) < 4.78 is 0. The van der Waals surface area contributed by atoms with Crippen molar-refractivity contribution in [2.45, 2.75) is 41.2 Å². The van der Waals surface area contributed by atoms with Gasteiger partial charge in [-0.05, 0) is 49.2 Å². The Morgan fingerprint density at radius 2 is 2.04 bits per heavy atom. The molecule has 2 rings (SSSR count). The molecule has 0 saturated heterocycles. The number of rotatable bonds is 6. The summed E-state index contributed by atoms with van der Waals surface area (Å²) in [6.45, 7) is 11.0. The van der Waals surface area contributed by atoms with Gasteiger partial charge in [-0.25, -0.2) is 4.98 Å². The van der Waals surface area contributed by atoms with Crippen LogP contribution in [0.2, 0.25) is 5.02 Å². The van der Waals surface area contributed by atoms with Gasteiger partial charge in [-0.15, -0.1) is 11.3 Å². The minimum Gasteiger partial charge on any atom is -0.362 e. The van der Waals surface area contributed by atoms with Crippen LogP contribution in [-0.4, -0.2) is 22.5 Å². The van der Waals surface area contributed by atoms with E-state index in [1.54, 1.807) is 4.90 Å². The first-order valence-electron chi connectivity index (χ1n) is 8.72. The third-order valence-corrected chi connectivity index (χ3v) is 5.22. The van der Waals surface area contributed by atoms with Crippen LogP contribution in [0.3, 0.4) is 0 Å². The number of carbonyl (C=O) groups is 1. The summed E-state index contributed by atoms with van der Waals surface area (Å²) in [5, 5.41) is 9.95. The molecule has 1 aromatic carbocycles. The number of anilines is 2. The number of hydrogen-bond acceptors (Lipinski definition) is 4. The van der Waals surface area contributed by atoms with E-state index in [0.717, 1.165) is 23.4 Å². The van der Waals surface area contributed by atoms with Crippen LogP contribution in [0.25, 0.3) is 0 Å². The van der Waals surface area contributed by atoms with Gasteiger partial charge in [0.05, 0.1) is 22.9 Å². The third kappa shape index (κ3) is 5.89. The highest BCUT2D eigenvalue weighted by Crippen LogP contribution is 2.37. The molecule has 1 heterocycles. The van der Waals surface area contributed by atoms with Gasteiger partial charge < -0.3 is 10.6 Å². The average Bonchev–Trinajstić information content (AvgIpc) is 3.02. The van der Waals surface area contributed by atoms with Crippen LogP contribution in [0.5, 0.6) is 0 Å². The van der Waals surface area contributed by atoms with Crippen molar-refractivity contribution in [2.75, 3.05) is 11.4 Å². The van der Waals surface area contributed by atoms with Gasteiger partial charge in [0.15, 0.2) is 10.2 Å². The maximum absolute atomic E-state index is 12.3. The Labute approximate surface area is 175 Å². The van der Waals surface area contributed by atoms with Gasteiger partial charge in [0, 0.05) is 18.8 Å². The van der Waals surface area contributed by atoms with E-state index < -0.39 is 0 Å². The summed E-state index contributed by atoms with van der Waals surface area (Å²) >= 11 is 13.1. The normalized spacial score (nSPS) is 10.8. The van der Waals surface area contributed by atoms with Crippen molar-refractivity contribution in [2.24, 2.45) is 5.92 Å². The van der Waals surface area contributed by atoms with Crippen LogP contribution >= 0.6 is 35.2 Å². The molecule has 1 aromatic heterocycles. The van der Waals surface area contributed by atoms with Gasteiger partial charge in [0.2, 0.25) is 5.91 Å². The van der Waals surface area contributed by atoms with Crippen LogP contribution in [0, 0.1) is 19.8 Å². The Hall–Kier alpha value is -1.70. The van der Waals surface area contributed by atoms with Crippen molar-refractivity contribution in [3.05, 3.63) is 39.4 Å². The second kappa shape index (κ2) is 9.48. The number of hydrogen-bond donors (Lipinski definition) is 2. The second-order valence-electron chi connectivity index (χ2n) is 6.85. The molecule has 0 spiro atoms. The molecule has 2 N–H and O–H groups in total. The summed E-state index contributed by atoms with van der Waals surface area (Å²) in [5.74, 6) is 0.383. The lowest BCUT2D eigenvalue weighted by molar-refractivity contribution is -0.115. The van der Waals surface area contributed by atoms with E-state index >= 15 is 0 Å². The number of thiazole rings is 1. The first-order chi connectivity index (χ1) is 12.7. The lowest BCUT2D eigenvalue weighted by Crippen LogP contribution is -2.36. The fourth-order valence-corrected chi connectivity index (χ4v) is 4.02. The molecule has 1 amide bonds. The number of amides is 1. The van der Waals surface area contributed by atoms with Crippen molar-refractivity contribution in [3.63, 3.8) is 0 Å². The maximum Gasteiger partial charge on any atom is 0.230 e. The minimum absolute atomic E-state index is 0.133. The Kier molecular flexibility index (Phi) is 7.59. The van der Waals surface area contributed by atoms with E-state index in [-0.39, 0.29) is 5.91 Å². The van der Waals surface area contributed by atoms with Crippen molar-refractivity contribution < 1.29 is 4.79 Å². The van der Waals surface area contributed by atoms with Crippen LogP contribution in [0.4, 0.5) is 10.8 Å². The number of benzene rings is 1. The zero-order chi connectivity index (χ0) is 20.1. The van der Waals surface area contributed by atoms with Crippen LogP contribution in [0.1, 0.15) is 37.6 Å². The van der Waals surface area contributed by atoms with Gasteiger partial charge >= 0.3 is 0 Å². The van der Waals surface area contributed by atoms with Gasteiger partial charge in [-0.2, -0.15) is 0 Å². The number of halogens is 1. The number of aryl methyl sites for hydroxylation is 2. The van der Waals surface area contributed by atoms with E-state index in [9.17, 15) is 4.79 Å². The SMILES string of the molecule is CC(=O)N(c1nc(CNC(=S)NCC(C)C)cs1)c1c(C)cc(C)cc1Cl. The third-order valence-electron chi connectivity index (χ3n) is 3.77. The topological polar surface area (TPSA) is 57.3 Å². The highest BCUT2D eigenvalue weighted by Gasteiger charge is 2.22. The number of carbonyl (C=O) groups excluding carboxylic acids is 1. The van der Waals surface area contributed by atoms with E-state index in [1.165, 1.54) is 18.3 Å². The van der Waals surface area contributed by atoms with Crippen LogP contribution in [0.15, 0.2) is 17.5 Å². The largest absolute Gasteiger partial charge is 0.362 e. The fourth-order valence-electron chi connectivity index (χ4n) is 2.59. The molecule has 5 nitrogen and oxygen atoms in total. The Morgan fingerprint density at radius 3 is 2.63 bits per heavy atom. The van der Waals surface area contributed by atoms with E-state index in [2.05, 4.69) is 29.5 Å². The lowest BCUT2D eigenvalue weighted by atomic mass is 10.1. The zero-order valence-corrected chi connectivity index (χ0v) is 18.6. The van der Waals surface area contributed by atoms with Crippen molar-refractivity contribution in [1.82, 2.24) is 15.6 Å². The van der Waals surface area contributed by atoms with Crippen LogP contribution in [-0.2, 0) is 11.3 Å². The smallest absolute Gasteiger partial charge is 0.230 e. The van der Waals surface area contributed by atoms with Crippen molar-refractivity contribution in [3.8, 4) is 0 Å². The lowest BCUT2D eigenvalue weighted by Gasteiger charge is -2.22. The average molecular weight is 425 g/mol. The van der Waals surface area contributed by atoms with Gasteiger partial charge in [-0.3, -0.25) is 9.69 Å².